The smallest absolute Gasteiger partial charge is 0.406 e. The van der Waals surface area contributed by atoms with Gasteiger partial charge in [-0.25, -0.2) is 4.39 Å². The van der Waals surface area contributed by atoms with Crippen LogP contribution in [0.3, 0.4) is 0 Å². The summed E-state index contributed by atoms with van der Waals surface area (Å²) in [6, 6.07) is 1.43. The van der Waals surface area contributed by atoms with E-state index < -0.39 is 17.9 Å². The summed E-state index contributed by atoms with van der Waals surface area (Å²) in [4.78, 5) is -0.107. The summed E-state index contributed by atoms with van der Waals surface area (Å²) < 4.78 is 51.4. The molecule has 0 aliphatic heterocycles. The molecule has 0 saturated heterocycles. The maximum Gasteiger partial charge on any atom is 0.573 e. The number of hydrogen-bond donors (Lipinski definition) is 2. The Morgan fingerprint density at radius 2 is 1.86 bits per heavy atom. The molecule has 1 aromatic carbocycles. The summed E-state index contributed by atoms with van der Waals surface area (Å²) >= 11 is 3.67. The van der Waals surface area contributed by atoms with E-state index in [1.807, 2.05) is 0 Å². The summed E-state index contributed by atoms with van der Waals surface area (Å²) in [6.07, 6.45) is -4.86. The Morgan fingerprint density at radius 1 is 1.29 bits per heavy atom. The Labute approximate surface area is 82.1 Å². The van der Waals surface area contributed by atoms with Crippen LogP contribution in [0.25, 0.3) is 0 Å². The van der Waals surface area contributed by atoms with E-state index in [4.69, 9.17) is 5.73 Å². The van der Waals surface area contributed by atoms with E-state index in [0.717, 1.165) is 6.07 Å². The average molecular weight is 227 g/mol. The zero-order chi connectivity index (χ0) is 10.9. The van der Waals surface area contributed by atoms with Crippen LogP contribution < -0.4 is 10.5 Å². The second-order valence-corrected chi connectivity index (χ2v) is 2.87. The molecule has 1 aromatic rings. The van der Waals surface area contributed by atoms with Crippen LogP contribution in [0.4, 0.5) is 23.2 Å². The number of hydrogen-bond acceptors (Lipinski definition) is 3. The Kier molecular flexibility index (Phi) is 2.79. The molecule has 2 N–H and O–H groups in total. The lowest BCUT2D eigenvalue weighted by molar-refractivity contribution is -0.274. The van der Waals surface area contributed by atoms with Crippen molar-refractivity contribution in [3.63, 3.8) is 0 Å². The molecule has 0 aromatic heterocycles. The lowest BCUT2D eigenvalue weighted by Gasteiger charge is -2.10. The highest BCUT2D eigenvalue weighted by Crippen LogP contribution is 2.29. The fourth-order valence-corrected chi connectivity index (χ4v) is 1.01. The fourth-order valence-electron chi connectivity index (χ4n) is 0.772. The zero-order valence-corrected chi connectivity index (χ0v) is 7.49. The maximum atomic E-state index is 12.8. The van der Waals surface area contributed by atoms with Crippen molar-refractivity contribution in [1.29, 1.82) is 0 Å². The first-order valence-corrected chi connectivity index (χ1v) is 3.78. The SMILES string of the molecule is Nc1c(F)cc(OC(F)(F)F)cc1S. The third kappa shape index (κ3) is 2.69. The van der Waals surface area contributed by atoms with Gasteiger partial charge < -0.3 is 10.5 Å². The minimum atomic E-state index is -4.86. The van der Waals surface area contributed by atoms with Gasteiger partial charge in [0, 0.05) is 11.0 Å². The topological polar surface area (TPSA) is 35.2 Å². The van der Waals surface area contributed by atoms with Crippen molar-refractivity contribution in [3.8, 4) is 5.75 Å². The van der Waals surface area contributed by atoms with E-state index in [1.165, 1.54) is 0 Å². The van der Waals surface area contributed by atoms with E-state index in [0.29, 0.717) is 6.07 Å². The van der Waals surface area contributed by atoms with Crippen LogP contribution in [-0.2, 0) is 0 Å². The van der Waals surface area contributed by atoms with Crippen LogP contribution in [0.2, 0.25) is 0 Å². The highest BCUT2D eigenvalue weighted by atomic mass is 32.1. The number of nitrogens with two attached hydrogens (primary N) is 1. The molecule has 0 aliphatic carbocycles. The van der Waals surface area contributed by atoms with Gasteiger partial charge in [0.25, 0.3) is 0 Å². The fraction of sp³-hybridized carbons (Fsp3) is 0.143. The first-order chi connectivity index (χ1) is 6.29. The van der Waals surface area contributed by atoms with Gasteiger partial charge >= 0.3 is 6.36 Å². The van der Waals surface area contributed by atoms with Gasteiger partial charge in [0.2, 0.25) is 0 Å². The summed E-state index contributed by atoms with van der Waals surface area (Å²) in [7, 11) is 0. The van der Waals surface area contributed by atoms with E-state index in [2.05, 4.69) is 17.4 Å². The highest BCUT2D eigenvalue weighted by Gasteiger charge is 2.31. The molecule has 78 valence electrons. The van der Waals surface area contributed by atoms with Crippen molar-refractivity contribution in [3.05, 3.63) is 17.9 Å². The van der Waals surface area contributed by atoms with Crippen molar-refractivity contribution in [2.24, 2.45) is 0 Å². The quantitative estimate of drug-likeness (QED) is 0.439. The number of benzene rings is 1. The minimum absolute atomic E-state index is 0.107. The van der Waals surface area contributed by atoms with Gasteiger partial charge in [-0.2, -0.15) is 0 Å². The van der Waals surface area contributed by atoms with Gasteiger partial charge in [-0.05, 0) is 6.07 Å². The van der Waals surface area contributed by atoms with E-state index >= 15 is 0 Å². The van der Waals surface area contributed by atoms with Gasteiger partial charge in [0.05, 0.1) is 5.69 Å². The predicted octanol–water partition coefficient (Wildman–Crippen LogP) is 2.60. The number of anilines is 1. The van der Waals surface area contributed by atoms with Gasteiger partial charge in [-0.3, -0.25) is 0 Å². The lowest BCUT2D eigenvalue weighted by atomic mass is 10.3. The molecule has 0 amide bonds. The molecule has 7 heteroatoms. The standard InChI is InChI=1S/C7H5F4NOS/c8-4-1-3(13-7(9,10)11)2-5(14)6(4)12/h1-2,14H,12H2. The van der Waals surface area contributed by atoms with Crippen molar-refractivity contribution in [1.82, 2.24) is 0 Å². The molecule has 0 heterocycles. The molecule has 14 heavy (non-hydrogen) atoms. The van der Waals surface area contributed by atoms with Crippen LogP contribution in [0.1, 0.15) is 0 Å². The van der Waals surface area contributed by atoms with Crippen molar-refractivity contribution < 1.29 is 22.3 Å². The molecule has 0 saturated carbocycles. The number of halogens is 4. The zero-order valence-electron chi connectivity index (χ0n) is 6.60. The van der Waals surface area contributed by atoms with Gasteiger partial charge in [0.15, 0.2) is 5.82 Å². The molecule has 2 nitrogen and oxygen atoms in total. The second kappa shape index (κ2) is 3.56. The predicted molar refractivity (Wildman–Crippen MR) is 44.7 cm³/mol. The van der Waals surface area contributed by atoms with Crippen LogP contribution >= 0.6 is 12.6 Å². The second-order valence-electron chi connectivity index (χ2n) is 2.39. The minimum Gasteiger partial charge on any atom is -0.406 e. The van der Waals surface area contributed by atoms with E-state index in [9.17, 15) is 17.6 Å². The van der Waals surface area contributed by atoms with Gasteiger partial charge in [0.1, 0.15) is 5.75 Å². The molecular weight excluding hydrogens is 222 g/mol. The van der Waals surface area contributed by atoms with E-state index in [1.54, 1.807) is 0 Å². The summed E-state index contributed by atoms with van der Waals surface area (Å²) in [6.45, 7) is 0. The highest BCUT2D eigenvalue weighted by molar-refractivity contribution is 7.80. The van der Waals surface area contributed by atoms with Gasteiger partial charge in [-0.15, -0.1) is 25.8 Å². The number of rotatable bonds is 1. The van der Waals surface area contributed by atoms with Gasteiger partial charge in [-0.1, -0.05) is 0 Å². The number of thiol groups is 1. The third-order valence-electron chi connectivity index (χ3n) is 1.31. The van der Waals surface area contributed by atoms with E-state index in [-0.39, 0.29) is 10.6 Å². The maximum absolute atomic E-state index is 12.8. The summed E-state index contributed by atoms with van der Waals surface area (Å²) in [5.74, 6) is -1.69. The van der Waals surface area contributed by atoms with Crippen LogP contribution in [0, 0.1) is 5.82 Å². The number of alkyl halides is 3. The van der Waals surface area contributed by atoms with Crippen molar-refractivity contribution >= 4 is 18.3 Å². The summed E-state index contributed by atoms with van der Waals surface area (Å²) in [5, 5.41) is 0. The molecule has 0 spiro atoms. The largest absolute Gasteiger partial charge is 0.573 e. The third-order valence-corrected chi connectivity index (χ3v) is 1.68. The molecule has 1 rings (SSSR count). The summed E-state index contributed by atoms with van der Waals surface area (Å²) in [5.41, 5.74) is 4.81. The molecule has 0 bridgehead atoms. The normalized spacial score (nSPS) is 11.5. The Balaban J connectivity index is 3.02. The van der Waals surface area contributed by atoms with Crippen LogP contribution in [0.5, 0.6) is 5.75 Å². The van der Waals surface area contributed by atoms with Crippen LogP contribution in [0.15, 0.2) is 17.0 Å². The Bertz CT molecular complexity index is 329. The molecule has 0 fully saturated rings. The monoisotopic (exact) mass is 227 g/mol. The molecule has 0 aliphatic rings. The Morgan fingerprint density at radius 3 is 2.29 bits per heavy atom. The number of nitrogen functional groups attached to an aromatic ring is 1. The average Bonchev–Trinajstić information content (AvgIpc) is 1.96. The Hall–Kier alpha value is -1.11. The molecular formula is C7H5F4NOS. The van der Waals surface area contributed by atoms with Crippen LogP contribution in [-0.4, -0.2) is 6.36 Å². The van der Waals surface area contributed by atoms with Crippen molar-refractivity contribution in [2.45, 2.75) is 11.3 Å². The van der Waals surface area contributed by atoms with Crippen molar-refractivity contribution in [2.75, 3.05) is 5.73 Å². The molecule has 0 radical (unpaired) electrons. The first-order valence-electron chi connectivity index (χ1n) is 3.33. The molecule has 0 unspecified atom stereocenters. The molecule has 0 atom stereocenters. The lowest BCUT2D eigenvalue weighted by Crippen LogP contribution is -2.17. The first kappa shape index (κ1) is 11.0. The number of ether oxygens (including phenoxy) is 1.